The summed E-state index contributed by atoms with van der Waals surface area (Å²) in [7, 11) is 1.62. The second-order valence-corrected chi connectivity index (χ2v) is 6.31. The van der Waals surface area contributed by atoms with E-state index in [0.29, 0.717) is 26.1 Å². The SMILES string of the molecule is COc1ccc([C@@H]2CN(C(=O)CCn3cnnn3)C[C@H]2NC(C)=O)cc1. The molecule has 138 valence electrons. The molecule has 3 rings (SSSR count). The number of methoxy groups -OCH3 is 1. The molecule has 9 nitrogen and oxygen atoms in total. The van der Waals surface area contributed by atoms with Crippen LogP contribution in [0, 0.1) is 0 Å². The third-order valence-corrected chi connectivity index (χ3v) is 4.55. The molecule has 1 aromatic heterocycles. The smallest absolute Gasteiger partial charge is 0.224 e. The molecule has 26 heavy (non-hydrogen) atoms. The van der Waals surface area contributed by atoms with Crippen molar-refractivity contribution in [1.29, 1.82) is 0 Å². The predicted molar refractivity (Wildman–Crippen MR) is 92.4 cm³/mol. The van der Waals surface area contributed by atoms with Crippen LogP contribution >= 0.6 is 0 Å². The van der Waals surface area contributed by atoms with E-state index in [1.165, 1.54) is 17.9 Å². The molecule has 0 saturated carbocycles. The van der Waals surface area contributed by atoms with Gasteiger partial charge in [0.1, 0.15) is 12.1 Å². The highest BCUT2D eigenvalue weighted by molar-refractivity contribution is 5.77. The van der Waals surface area contributed by atoms with Crippen molar-refractivity contribution in [2.45, 2.75) is 31.8 Å². The van der Waals surface area contributed by atoms with Crippen LogP contribution in [0.2, 0.25) is 0 Å². The maximum Gasteiger partial charge on any atom is 0.224 e. The van der Waals surface area contributed by atoms with Gasteiger partial charge in [0, 0.05) is 32.4 Å². The summed E-state index contributed by atoms with van der Waals surface area (Å²) >= 11 is 0. The summed E-state index contributed by atoms with van der Waals surface area (Å²) in [5.74, 6) is 0.738. The van der Waals surface area contributed by atoms with Gasteiger partial charge in [-0.2, -0.15) is 0 Å². The van der Waals surface area contributed by atoms with E-state index in [4.69, 9.17) is 4.74 Å². The number of likely N-dealkylation sites (tertiary alicyclic amines) is 1. The van der Waals surface area contributed by atoms with Crippen LogP contribution in [0.1, 0.15) is 24.8 Å². The molecular formula is C17H22N6O3. The summed E-state index contributed by atoms with van der Waals surface area (Å²) in [6, 6.07) is 7.63. The van der Waals surface area contributed by atoms with Crippen LogP contribution in [0.25, 0.3) is 0 Å². The third-order valence-electron chi connectivity index (χ3n) is 4.55. The van der Waals surface area contributed by atoms with Crippen molar-refractivity contribution >= 4 is 11.8 Å². The molecule has 1 aromatic carbocycles. The van der Waals surface area contributed by atoms with Gasteiger partial charge in [0.25, 0.3) is 0 Å². The standard InChI is InChI=1S/C17H22N6O3/c1-12(24)19-16-10-22(17(25)7-8-23-11-18-20-21-23)9-15(16)13-3-5-14(26-2)6-4-13/h3-6,11,15-16H,7-10H2,1-2H3,(H,19,24)/t15-,16+/m0/s1. The monoisotopic (exact) mass is 358 g/mol. The van der Waals surface area contributed by atoms with Gasteiger partial charge in [0.2, 0.25) is 11.8 Å². The van der Waals surface area contributed by atoms with Crippen LogP contribution in [-0.2, 0) is 16.1 Å². The Morgan fingerprint density at radius 1 is 1.27 bits per heavy atom. The zero-order chi connectivity index (χ0) is 18.5. The lowest BCUT2D eigenvalue weighted by Gasteiger charge is -2.19. The first kappa shape index (κ1) is 17.8. The average molecular weight is 358 g/mol. The van der Waals surface area contributed by atoms with Gasteiger partial charge in [-0.1, -0.05) is 12.1 Å². The largest absolute Gasteiger partial charge is 0.497 e. The maximum atomic E-state index is 12.6. The molecule has 0 unspecified atom stereocenters. The third kappa shape index (κ3) is 4.16. The fourth-order valence-corrected chi connectivity index (χ4v) is 3.25. The maximum absolute atomic E-state index is 12.6. The van der Waals surface area contributed by atoms with Gasteiger partial charge in [-0.15, -0.1) is 5.10 Å². The van der Waals surface area contributed by atoms with Crippen LogP contribution in [0.5, 0.6) is 5.75 Å². The Hall–Kier alpha value is -2.97. The number of carbonyl (C=O) groups excluding carboxylic acids is 2. The molecule has 2 amide bonds. The van der Waals surface area contributed by atoms with Crippen LogP contribution < -0.4 is 10.1 Å². The number of rotatable bonds is 6. The van der Waals surface area contributed by atoms with Gasteiger partial charge in [-0.05, 0) is 28.1 Å². The first-order chi connectivity index (χ1) is 12.6. The molecule has 2 heterocycles. The number of nitrogens with zero attached hydrogens (tertiary/aromatic N) is 5. The Kier molecular flexibility index (Phi) is 5.45. The quantitative estimate of drug-likeness (QED) is 0.792. The summed E-state index contributed by atoms with van der Waals surface area (Å²) in [5, 5.41) is 13.9. The highest BCUT2D eigenvalue weighted by atomic mass is 16.5. The molecule has 1 aliphatic rings. The van der Waals surface area contributed by atoms with E-state index < -0.39 is 0 Å². The molecule has 1 aliphatic heterocycles. The Morgan fingerprint density at radius 3 is 2.65 bits per heavy atom. The van der Waals surface area contributed by atoms with Gasteiger partial charge < -0.3 is 15.0 Å². The average Bonchev–Trinajstić information content (AvgIpc) is 3.29. The van der Waals surface area contributed by atoms with E-state index in [-0.39, 0.29) is 23.8 Å². The number of hydrogen-bond donors (Lipinski definition) is 1. The highest BCUT2D eigenvalue weighted by Crippen LogP contribution is 2.29. The summed E-state index contributed by atoms with van der Waals surface area (Å²) < 4.78 is 6.73. The summed E-state index contributed by atoms with van der Waals surface area (Å²) in [4.78, 5) is 25.9. The minimum absolute atomic E-state index is 0.0202. The number of aryl methyl sites for hydroxylation is 1. The Morgan fingerprint density at radius 2 is 2.04 bits per heavy atom. The van der Waals surface area contributed by atoms with Crippen LogP contribution in [-0.4, -0.2) is 63.2 Å². The van der Waals surface area contributed by atoms with Gasteiger partial charge in [-0.3, -0.25) is 9.59 Å². The van der Waals surface area contributed by atoms with Crippen molar-refractivity contribution in [2.24, 2.45) is 0 Å². The van der Waals surface area contributed by atoms with Crippen molar-refractivity contribution in [3.63, 3.8) is 0 Å². The zero-order valence-electron chi connectivity index (χ0n) is 14.8. The minimum Gasteiger partial charge on any atom is -0.497 e. The summed E-state index contributed by atoms with van der Waals surface area (Å²) in [6.07, 6.45) is 1.80. The lowest BCUT2D eigenvalue weighted by molar-refractivity contribution is -0.130. The fourth-order valence-electron chi connectivity index (χ4n) is 3.25. The van der Waals surface area contributed by atoms with Crippen molar-refractivity contribution in [1.82, 2.24) is 30.4 Å². The van der Waals surface area contributed by atoms with Crippen molar-refractivity contribution in [3.05, 3.63) is 36.2 Å². The molecule has 1 saturated heterocycles. The normalized spacial score (nSPS) is 19.4. The second kappa shape index (κ2) is 7.94. The fraction of sp³-hybridized carbons (Fsp3) is 0.471. The Bertz CT molecular complexity index is 746. The molecule has 2 aromatic rings. The number of nitrogens with one attached hydrogen (secondary N) is 1. The lowest BCUT2D eigenvalue weighted by atomic mass is 9.94. The zero-order valence-corrected chi connectivity index (χ0v) is 14.8. The molecule has 1 fully saturated rings. The number of benzene rings is 1. The van der Waals surface area contributed by atoms with E-state index in [9.17, 15) is 9.59 Å². The van der Waals surface area contributed by atoms with Gasteiger partial charge in [-0.25, -0.2) is 4.68 Å². The molecule has 0 aliphatic carbocycles. The van der Waals surface area contributed by atoms with Gasteiger partial charge in [0.05, 0.1) is 19.7 Å². The molecule has 0 bridgehead atoms. The van der Waals surface area contributed by atoms with E-state index in [0.717, 1.165) is 11.3 Å². The van der Waals surface area contributed by atoms with Gasteiger partial charge in [0.15, 0.2) is 0 Å². The Labute approximate surface area is 151 Å². The summed E-state index contributed by atoms with van der Waals surface area (Å²) in [6.45, 7) is 2.98. The van der Waals surface area contributed by atoms with E-state index in [1.54, 1.807) is 12.0 Å². The van der Waals surface area contributed by atoms with Crippen molar-refractivity contribution in [3.8, 4) is 5.75 Å². The first-order valence-electron chi connectivity index (χ1n) is 8.46. The topological polar surface area (TPSA) is 102 Å². The summed E-state index contributed by atoms with van der Waals surface area (Å²) in [5.41, 5.74) is 1.07. The number of amides is 2. The first-order valence-corrected chi connectivity index (χ1v) is 8.46. The van der Waals surface area contributed by atoms with Crippen LogP contribution in [0.15, 0.2) is 30.6 Å². The molecule has 1 N–H and O–H groups in total. The van der Waals surface area contributed by atoms with Crippen LogP contribution in [0.4, 0.5) is 0 Å². The lowest BCUT2D eigenvalue weighted by Crippen LogP contribution is -2.39. The number of aromatic nitrogens is 4. The van der Waals surface area contributed by atoms with E-state index >= 15 is 0 Å². The number of carbonyl (C=O) groups is 2. The predicted octanol–water partition coefficient (Wildman–Crippen LogP) is 0.203. The molecule has 9 heteroatoms. The number of hydrogen-bond acceptors (Lipinski definition) is 6. The minimum atomic E-state index is -0.113. The molecule has 0 spiro atoms. The second-order valence-electron chi connectivity index (χ2n) is 6.31. The van der Waals surface area contributed by atoms with E-state index in [1.807, 2.05) is 24.3 Å². The van der Waals surface area contributed by atoms with Crippen molar-refractivity contribution in [2.75, 3.05) is 20.2 Å². The Balaban J connectivity index is 1.68. The molecule has 2 atom stereocenters. The molecule has 0 radical (unpaired) electrons. The van der Waals surface area contributed by atoms with Gasteiger partial charge >= 0.3 is 0 Å². The van der Waals surface area contributed by atoms with Crippen molar-refractivity contribution < 1.29 is 14.3 Å². The molecular weight excluding hydrogens is 336 g/mol. The number of ether oxygens (including phenoxy) is 1. The number of tetrazole rings is 1. The highest BCUT2D eigenvalue weighted by Gasteiger charge is 2.36. The van der Waals surface area contributed by atoms with E-state index in [2.05, 4.69) is 20.8 Å². The van der Waals surface area contributed by atoms with Crippen LogP contribution in [0.3, 0.4) is 0 Å².